The zero-order chi connectivity index (χ0) is 15.6. The number of hydrogen-bond acceptors (Lipinski definition) is 2. The summed E-state index contributed by atoms with van der Waals surface area (Å²) in [4.78, 5) is 26.0. The highest BCUT2D eigenvalue weighted by Gasteiger charge is 2.35. The van der Waals surface area contributed by atoms with E-state index in [0.29, 0.717) is 11.6 Å². The van der Waals surface area contributed by atoms with Crippen LogP contribution in [0.15, 0.2) is 18.2 Å². The van der Waals surface area contributed by atoms with E-state index in [1.165, 1.54) is 0 Å². The fourth-order valence-corrected chi connectivity index (χ4v) is 2.77. The molecule has 1 heterocycles. The van der Waals surface area contributed by atoms with Crippen molar-refractivity contribution < 1.29 is 9.59 Å². The van der Waals surface area contributed by atoms with Crippen LogP contribution >= 0.6 is 11.6 Å². The van der Waals surface area contributed by atoms with Crippen LogP contribution in [0.4, 0.5) is 0 Å². The van der Waals surface area contributed by atoms with Crippen molar-refractivity contribution in [2.45, 2.75) is 39.8 Å². The van der Waals surface area contributed by atoms with Gasteiger partial charge < -0.3 is 10.2 Å². The van der Waals surface area contributed by atoms with Gasteiger partial charge >= 0.3 is 0 Å². The average molecular weight is 309 g/mol. The van der Waals surface area contributed by atoms with E-state index in [4.69, 9.17) is 11.6 Å². The highest BCUT2D eigenvalue weighted by atomic mass is 35.5. The van der Waals surface area contributed by atoms with E-state index in [2.05, 4.69) is 5.32 Å². The molecular formula is C16H21ClN2O2. The van der Waals surface area contributed by atoms with Crippen molar-refractivity contribution >= 4 is 23.4 Å². The second-order valence-electron chi connectivity index (χ2n) is 5.72. The molecule has 114 valence electrons. The van der Waals surface area contributed by atoms with Crippen molar-refractivity contribution in [3.05, 3.63) is 34.3 Å². The number of carbonyl (C=O) groups excluding carboxylic acids is 2. The summed E-state index contributed by atoms with van der Waals surface area (Å²) in [5.41, 5.74) is 1.94. The fourth-order valence-electron chi connectivity index (χ4n) is 2.47. The van der Waals surface area contributed by atoms with Gasteiger partial charge in [-0.05, 0) is 30.0 Å². The number of carbonyl (C=O) groups is 2. The maximum Gasteiger partial charge on any atom is 0.246 e. The lowest BCUT2D eigenvalue weighted by molar-refractivity contribution is -0.146. The lowest BCUT2D eigenvalue weighted by Gasteiger charge is -2.35. The molecular weight excluding hydrogens is 288 g/mol. The number of piperazine rings is 1. The standard InChI is InChI=1S/C16H21ClN2O2/c1-4-11(3)15-16(21)19(9-14(20)18-15)8-12-6-5-10(2)7-13(12)17/h5-7,11,15H,4,8-9H2,1-3H3,(H,18,20). The summed E-state index contributed by atoms with van der Waals surface area (Å²) in [5, 5.41) is 3.43. The zero-order valence-corrected chi connectivity index (χ0v) is 13.4. The molecule has 1 N–H and O–H groups in total. The first-order valence-corrected chi connectivity index (χ1v) is 7.63. The molecule has 1 aliphatic heterocycles. The summed E-state index contributed by atoms with van der Waals surface area (Å²) in [6.07, 6.45) is 0.843. The number of benzene rings is 1. The smallest absolute Gasteiger partial charge is 0.246 e. The monoisotopic (exact) mass is 308 g/mol. The van der Waals surface area contributed by atoms with Gasteiger partial charge in [0.15, 0.2) is 0 Å². The molecule has 0 aliphatic carbocycles. The van der Waals surface area contributed by atoms with Crippen LogP contribution in [0.3, 0.4) is 0 Å². The highest BCUT2D eigenvalue weighted by Crippen LogP contribution is 2.22. The summed E-state index contributed by atoms with van der Waals surface area (Å²) in [6, 6.07) is 5.32. The average Bonchev–Trinajstić information content (AvgIpc) is 2.44. The molecule has 1 saturated heterocycles. The number of amides is 2. The molecule has 0 radical (unpaired) electrons. The Kier molecular flexibility index (Phi) is 4.88. The van der Waals surface area contributed by atoms with Crippen LogP contribution in [0.25, 0.3) is 0 Å². The zero-order valence-electron chi connectivity index (χ0n) is 12.6. The molecule has 2 amide bonds. The minimum atomic E-state index is -0.430. The third-order valence-electron chi connectivity index (χ3n) is 4.01. The number of nitrogens with one attached hydrogen (secondary N) is 1. The predicted octanol–water partition coefficient (Wildman–Crippen LogP) is 2.52. The van der Waals surface area contributed by atoms with Crippen LogP contribution in [-0.4, -0.2) is 29.3 Å². The molecule has 2 unspecified atom stereocenters. The van der Waals surface area contributed by atoms with Gasteiger partial charge in [-0.25, -0.2) is 0 Å². The van der Waals surface area contributed by atoms with Gasteiger partial charge in [0.05, 0.1) is 6.54 Å². The molecule has 1 fully saturated rings. The number of hydrogen-bond donors (Lipinski definition) is 1. The Morgan fingerprint density at radius 3 is 2.76 bits per heavy atom. The van der Waals surface area contributed by atoms with E-state index >= 15 is 0 Å². The third kappa shape index (κ3) is 3.56. The number of nitrogens with zero attached hydrogens (tertiary/aromatic N) is 1. The van der Waals surface area contributed by atoms with Gasteiger partial charge in [0.2, 0.25) is 11.8 Å². The van der Waals surface area contributed by atoms with Gasteiger partial charge in [-0.2, -0.15) is 0 Å². The van der Waals surface area contributed by atoms with Crippen molar-refractivity contribution in [1.29, 1.82) is 0 Å². The van der Waals surface area contributed by atoms with Gasteiger partial charge in [-0.15, -0.1) is 0 Å². The predicted molar refractivity (Wildman–Crippen MR) is 83.0 cm³/mol. The van der Waals surface area contributed by atoms with Crippen LogP contribution in [0.1, 0.15) is 31.4 Å². The minimum absolute atomic E-state index is 0.0272. The topological polar surface area (TPSA) is 49.4 Å². The minimum Gasteiger partial charge on any atom is -0.342 e. The fraction of sp³-hybridized carbons (Fsp3) is 0.500. The second kappa shape index (κ2) is 6.48. The maximum absolute atomic E-state index is 12.5. The van der Waals surface area contributed by atoms with E-state index in [1.54, 1.807) is 4.90 Å². The van der Waals surface area contributed by atoms with Crippen molar-refractivity contribution in [1.82, 2.24) is 10.2 Å². The number of aryl methyl sites for hydroxylation is 1. The summed E-state index contributed by atoms with van der Waals surface area (Å²) in [5.74, 6) is -0.0125. The van der Waals surface area contributed by atoms with Crippen molar-refractivity contribution in [3.63, 3.8) is 0 Å². The summed E-state index contributed by atoms with van der Waals surface area (Å²) < 4.78 is 0. The molecule has 0 saturated carbocycles. The van der Waals surface area contributed by atoms with Gasteiger partial charge in [0.1, 0.15) is 6.04 Å². The molecule has 0 spiro atoms. The van der Waals surface area contributed by atoms with Gasteiger partial charge in [-0.1, -0.05) is 44.0 Å². The van der Waals surface area contributed by atoms with Crippen LogP contribution < -0.4 is 5.32 Å². The van der Waals surface area contributed by atoms with Crippen LogP contribution in [0.2, 0.25) is 5.02 Å². The van der Waals surface area contributed by atoms with E-state index in [0.717, 1.165) is 17.5 Å². The number of halogens is 1. The summed E-state index contributed by atoms with van der Waals surface area (Å²) in [6.45, 7) is 6.42. The largest absolute Gasteiger partial charge is 0.342 e. The molecule has 0 aromatic heterocycles. The normalized spacial score (nSPS) is 20.4. The molecule has 1 aromatic rings. The number of rotatable bonds is 4. The molecule has 5 heteroatoms. The van der Waals surface area contributed by atoms with Crippen LogP contribution in [0.5, 0.6) is 0 Å². The summed E-state index contributed by atoms with van der Waals surface area (Å²) in [7, 11) is 0. The third-order valence-corrected chi connectivity index (χ3v) is 4.36. The van der Waals surface area contributed by atoms with Gasteiger partial charge in [-0.3, -0.25) is 9.59 Å². The maximum atomic E-state index is 12.5. The highest BCUT2D eigenvalue weighted by molar-refractivity contribution is 6.31. The Hall–Kier alpha value is -1.55. The Labute approximate surface area is 130 Å². The van der Waals surface area contributed by atoms with Crippen LogP contribution in [0, 0.1) is 12.8 Å². The molecule has 1 aromatic carbocycles. The molecule has 0 bridgehead atoms. The quantitative estimate of drug-likeness (QED) is 0.929. The molecule has 4 nitrogen and oxygen atoms in total. The SMILES string of the molecule is CCC(C)C1NC(=O)CN(Cc2ccc(C)cc2Cl)C1=O. The van der Waals surface area contributed by atoms with E-state index in [-0.39, 0.29) is 24.3 Å². The Balaban J connectivity index is 2.18. The lowest BCUT2D eigenvalue weighted by Crippen LogP contribution is -2.59. The van der Waals surface area contributed by atoms with E-state index < -0.39 is 6.04 Å². The van der Waals surface area contributed by atoms with Crippen molar-refractivity contribution in [2.24, 2.45) is 5.92 Å². The molecule has 21 heavy (non-hydrogen) atoms. The first-order chi connectivity index (χ1) is 9.92. The summed E-state index contributed by atoms with van der Waals surface area (Å²) >= 11 is 6.22. The first kappa shape index (κ1) is 15.8. The Morgan fingerprint density at radius 1 is 1.43 bits per heavy atom. The van der Waals surface area contributed by atoms with Crippen molar-refractivity contribution in [2.75, 3.05) is 6.54 Å². The van der Waals surface area contributed by atoms with E-state index in [1.807, 2.05) is 39.0 Å². The molecule has 2 rings (SSSR count). The Bertz CT molecular complexity index is 559. The van der Waals surface area contributed by atoms with Crippen LogP contribution in [-0.2, 0) is 16.1 Å². The van der Waals surface area contributed by atoms with E-state index in [9.17, 15) is 9.59 Å². The second-order valence-corrected chi connectivity index (χ2v) is 6.13. The van der Waals surface area contributed by atoms with Crippen molar-refractivity contribution in [3.8, 4) is 0 Å². The lowest BCUT2D eigenvalue weighted by atomic mass is 9.96. The molecule has 2 atom stereocenters. The molecule has 1 aliphatic rings. The van der Waals surface area contributed by atoms with Gasteiger partial charge in [0, 0.05) is 11.6 Å². The Morgan fingerprint density at radius 2 is 2.14 bits per heavy atom. The van der Waals surface area contributed by atoms with Gasteiger partial charge in [0.25, 0.3) is 0 Å². The first-order valence-electron chi connectivity index (χ1n) is 7.25.